The summed E-state index contributed by atoms with van der Waals surface area (Å²) in [5.74, 6) is 0.191. The minimum absolute atomic E-state index is 0.0701. The van der Waals surface area contributed by atoms with Crippen molar-refractivity contribution in [1.29, 1.82) is 5.26 Å². The van der Waals surface area contributed by atoms with Gasteiger partial charge in [-0.2, -0.15) is 14.6 Å². The molecule has 0 radical (unpaired) electrons. The average molecular weight is 473 g/mol. The van der Waals surface area contributed by atoms with Crippen molar-refractivity contribution in [3.8, 4) is 6.07 Å². The van der Waals surface area contributed by atoms with Crippen LogP contribution in [0.5, 0.6) is 0 Å². The number of aromatic nitrogens is 1. The maximum Gasteiger partial charge on any atom is 0.244 e. The van der Waals surface area contributed by atoms with E-state index in [9.17, 15) is 18.1 Å². The van der Waals surface area contributed by atoms with Gasteiger partial charge in [0.1, 0.15) is 16.8 Å². The van der Waals surface area contributed by atoms with Gasteiger partial charge < -0.3 is 9.32 Å². The number of hydrogen-bond acceptors (Lipinski definition) is 6. The minimum Gasteiger partial charge on any atom is -0.420 e. The van der Waals surface area contributed by atoms with Crippen LogP contribution < -0.4 is 4.90 Å². The molecule has 0 unspecified atom stereocenters. The first-order chi connectivity index (χ1) is 15.4. The lowest BCUT2D eigenvalue weighted by molar-refractivity contribution is 0.373. The van der Waals surface area contributed by atoms with Crippen LogP contribution in [-0.4, -0.2) is 43.9 Å². The maximum absolute atomic E-state index is 13.0. The van der Waals surface area contributed by atoms with Gasteiger partial charge in [0.25, 0.3) is 0 Å². The van der Waals surface area contributed by atoms with E-state index in [-0.39, 0.29) is 40.4 Å². The molecule has 0 spiro atoms. The Labute approximate surface area is 190 Å². The van der Waals surface area contributed by atoms with Crippen LogP contribution in [0.4, 0.5) is 10.3 Å². The molecule has 0 aliphatic carbocycles. The van der Waals surface area contributed by atoms with Crippen LogP contribution in [0.1, 0.15) is 17.1 Å². The molecule has 0 N–H and O–H groups in total. The molecule has 1 aromatic heterocycles. The summed E-state index contributed by atoms with van der Waals surface area (Å²) in [6.45, 7) is 1.07. The quantitative estimate of drug-likeness (QED) is 0.557. The SMILES string of the molecule is N#Cc1nc(/C=C/c2ccc(F)cc2)oc1N1CCN(S(=O)(=O)c2ccccc2Cl)CC1. The van der Waals surface area contributed by atoms with Crippen molar-refractivity contribution in [1.82, 2.24) is 9.29 Å². The van der Waals surface area contributed by atoms with E-state index < -0.39 is 10.0 Å². The van der Waals surface area contributed by atoms with E-state index in [2.05, 4.69) is 4.98 Å². The molecule has 4 rings (SSSR count). The summed E-state index contributed by atoms with van der Waals surface area (Å²) in [6, 6.07) is 14.3. The highest BCUT2D eigenvalue weighted by molar-refractivity contribution is 7.89. The fraction of sp³-hybridized carbons (Fsp3) is 0.182. The third-order valence-corrected chi connectivity index (χ3v) is 7.40. The van der Waals surface area contributed by atoms with Gasteiger partial charge in [-0.05, 0) is 35.9 Å². The molecule has 32 heavy (non-hydrogen) atoms. The normalized spacial score (nSPS) is 15.2. The third kappa shape index (κ3) is 4.53. The Morgan fingerprint density at radius 3 is 2.41 bits per heavy atom. The summed E-state index contributed by atoms with van der Waals surface area (Å²) in [6.07, 6.45) is 3.29. The summed E-state index contributed by atoms with van der Waals surface area (Å²) in [5, 5.41) is 9.63. The van der Waals surface area contributed by atoms with Crippen LogP contribution in [0.2, 0.25) is 5.02 Å². The van der Waals surface area contributed by atoms with Gasteiger partial charge >= 0.3 is 0 Å². The summed E-state index contributed by atoms with van der Waals surface area (Å²) in [7, 11) is -3.73. The largest absolute Gasteiger partial charge is 0.420 e. The van der Waals surface area contributed by atoms with Gasteiger partial charge in [-0.3, -0.25) is 0 Å². The predicted octanol–water partition coefficient (Wildman–Crippen LogP) is 4.02. The van der Waals surface area contributed by atoms with Gasteiger partial charge in [-0.1, -0.05) is 35.9 Å². The fourth-order valence-electron chi connectivity index (χ4n) is 3.35. The highest BCUT2D eigenvalue weighted by Gasteiger charge is 2.32. The number of nitrogens with zero attached hydrogens (tertiary/aromatic N) is 4. The second-order valence-electron chi connectivity index (χ2n) is 7.02. The van der Waals surface area contributed by atoms with Crippen LogP contribution in [0.3, 0.4) is 0 Å². The number of hydrogen-bond donors (Lipinski definition) is 0. The minimum atomic E-state index is -3.73. The molecule has 0 amide bonds. The highest BCUT2D eigenvalue weighted by Crippen LogP contribution is 2.28. The Bertz CT molecular complexity index is 1290. The van der Waals surface area contributed by atoms with Crippen molar-refractivity contribution in [2.24, 2.45) is 0 Å². The van der Waals surface area contributed by atoms with E-state index >= 15 is 0 Å². The topological polar surface area (TPSA) is 90.4 Å². The summed E-state index contributed by atoms with van der Waals surface area (Å²) < 4.78 is 46.0. The van der Waals surface area contributed by atoms with Gasteiger partial charge in [0.15, 0.2) is 0 Å². The Hall–Kier alpha value is -3.19. The molecule has 0 atom stereocenters. The zero-order valence-corrected chi connectivity index (χ0v) is 18.4. The van der Waals surface area contributed by atoms with E-state index in [1.165, 1.54) is 22.5 Å². The molecule has 10 heteroatoms. The number of oxazole rings is 1. The summed E-state index contributed by atoms with van der Waals surface area (Å²) >= 11 is 6.08. The van der Waals surface area contributed by atoms with Gasteiger partial charge in [-0.15, -0.1) is 0 Å². The summed E-state index contributed by atoms with van der Waals surface area (Å²) in [5.41, 5.74) is 0.870. The highest BCUT2D eigenvalue weighted by atomic mass is 35.5. The zero-order chi connectivity index (χ0) is 22.7. The van der Waals surface area contributed by atoms with Crippen molar-refractivity contribution >= 4 is 39.7 Å². The first-order valence-corrected chi connectivity index (χ1v) is 11.5. The summed E-state index contributed by atoms with van der Waals surface area (Å²) in [4.78, 5) is 6.05. The molecule has 2 heterocycles. The second kappa shape index (κ2) is 9.12. The van der Waals surface area contributed by atoms with E-state index in [1.807, 2.05) is 6.07 Å². The monoisotopic (exact) mass is 472 g/mol. The number of rotatable bonds is 5. The average Bonchev–Trinajstić information content (AvgIpc) is 3.22. The van der Waals surface area contributed by atoms with Crippen molar-refractivity contribution in [3.05, 3.63) is 76.5 Å². The first kappa shape index (κ1) is 22.0. The van der Waals surface area contributed by atoms with E-state index in [0.29, 0.717) is 19.0 Å². The van der Waals surface area contributed by atoms with Crippen LogP contribution in [-0.2, 0) is 10.0 Å². The van der Waals surface area contributed by atoms with Gasteiger partial charge in [0, 0.05) is 32.3 Å². The Morgan fingerprint density at radius 1 is 1.06 bits per heavy atom. The number of nitriles is 1. The lowest BCUT2D eigenvalue weighted by atomic mass is 10.2. The van der Waals surface area contributed by atoms with Gasteiger partial charge in [-0.25, -0.2) is 12.8 Å². The number of benzene rings is 2. The third-order valence-electron chi connectivity index (χ3n) is 5.00. The van der Waals surface area contributed by atoms with Crippen LogP contribution >= 0.6 is 11.6 Å². The molecule has 1 aliphatic rings. The Balaban J connectivity index is 1.48. The molecule has 164 valence electrons. The zero-order valence-electron chi connectivity index (χ0n) is 16.8. The van der Waals surface area contributed by atoms with Crippen LogP contribution in [0.25, 0.3) is 12.2 Å². The molecule has 3 aromatic rings. The first-order valence-electron chi connectivity index (χ1n) is 9.72. The Morgan fingerprint density at radius 2 is 1.75 bits per heavy atom. The molecular formula is C22H18ClFN4O3S. The number of piperazine rings is 1. The molecular weight excluding hydrogens is 455 g/mol. The molecule has 1 fully saturated rings. The van der Waals surface area contributed by atoms with Crippen molar-refractivity contribution in [3.63, 3.8) is 0 Å². The lowest BCUT2D eigenvalue weighted by Gasteiger charge is -2.33. The maximum atomic E-state index is 13.0. The number of halogens is 2. The van der Waals surface area contributed by atoms with Crippen molar-refractivity contribution < 1.29 is 17.2 Å². The molecule has 7 nitrogen and oxygen atoms in total. The van der Waals surface area contributed by atoms with E-state index in [1.54, 1.807) is 47.4 Å². The predicted molar refractivity (Wildman–Crippen MR) is 119 cm³/mol. The molecule has 0 bridgehead atoms. The number of sulfonamides is 1. The molecule has 0 saturated carbocycles. The van der Waals surface area contributed by atoms with Crippen LogP contribution in [0.15, 0.2) is 57.8 Å². The van der Waals surface area contributed by atoms with Crippen LogP contribution in [0, 0.1) is 17.1 Å². The molecule has 1 aliphatic heterocycles. The van der Waals surface area contributed by atoms with Gasteiger partial charge in [0.05, 0.1) is 5.02 Å². The molecule has 1 saturated heterocycles. The van der Waals surface area contributed by atoms with E-state index in [4.69, 9.17) is 16.0 Å². The van der Waals surface area contributed by atoms with Crippen molar-refractivity contribution in [2.75, 3.05) is 31.1 Å². The van der Waals surface area contributed by atoms with E-state index in [0.717, 1.165) is 5.56 Å². The second-order valence-corrected chi connectivity index (χ2v) is 9.34. The number of anilines is 1. The Kier molecular flexibility index (Phi) is 6.28. The lowest BCUT2D eigenvalue weighted by Crippen LogP contribution is -2.48. The molecule has 2 aromatic carbocycles. The fourth-order valence-corrected chi connectivity index (χ4v) is 5.27. The standard InChI is InChI=1S/C22H18ClFN4O3S/c23-18-3-1-2-4-20(18)32(29,30)28-13-11-27(12-14-28)22-19(15-25)26-21(31-22)10-7-16-5-8-17(24)9-6-16/h1-10H,11-14H2/b10-7+. The van der Waals surface area contributed by atoms with Gasteiger partial charge in [0.2, 0.25) is 27.5 Å². The van der Waals surface area contributed by atoms with Crippen molar-refractivity contribution in [2.45, 2.75) is 4.90 Å². The smallest absolute Gasteiger partial charge is 0.244 e.